The van der Waals surface area contributed by atoms with Gasteiger partial charge in [-0.05, 0) is 56.7 Å². The van der Waals surface area contributed by atoms with Crippen LogP contribution < -0.4 is 0 Å². The molecule has 1 N–H and O–H groups in total. The van der Waals surface area contributed by atoms with Gasteiger partial charge in [0.15, 0.2) is 0 Å². The minimum Gasteiger partial charge on any atom is -0.481 e. The SMILES string of the molecule is Cc1ccsc1C(C)N1CCCCC1CCC(=O)O. The Morgan fingerprint density at radius 2 is 2.37 bits per heavy atom. The second-order valence-corrected chi connectivity index (χ2v) is 6.41. The van der Waals surface area contributed by atoms with Gasteiger partial charge < -0.3 is 5.11 Å². The van der Waals surface area contributed by atoms with Gasteiger partial charge in [-0.3, -0.25) is 9.69 Å². The van der Waals surface area contributed by atoms with Crippen LogP contribution in [-0.4, -0.2) is 28.6 Å². The summed E-state index contributed by atoms with van der Waals surface area (Å²) in [7, 11) is 0. The molecule has 3 nitrogen and oxygen atoms in total. The van der Waals surface area contributed by atoms with E-state index in [0.717, 1.165) is 19.4 Å². The lowest BCUT2D eigenvalue weighted by Crippen LogP contribution is -2.41. The lowest BCUT2D eigenvalue weighted by molar-refractivity contribution is -0.137. The normalized spacial score (nSPS) is 22.3. The summed E-state index contributed by atoms with van der Waals surface area (Å²) in [5.74, 6) is -0.675. The predicted molar refractivity (Wildman–Crippen MR) is 78.7 cm³/mol. The lowest BCUT2D eigenvalue weighted by atomic mass is 9.95. The van der Waals surface area contributed by atoms with Gasteiger partial charge in [0, 0.05) is 23.4 Å². The Balaban J connectivity index is 2.06. The minimum atomic E-state index is -0.675. The second kappa shape index (κ2) is 6.53. The summed E-state index contributed by atoms with van der Waals surface area (Å²) in [5.41, 5.74) is 1.36. The van der Waals surface area contributed by atoms with Gasteiger partial charge in [0.05, 0.1) is 0 Å². The zero-order valence-corrected chi connectivity index (χ0v) is 12.6. The highest BCUT2D eigenvalue weighted by molar-refractivity contribution is 7.10. The summed E-state index contributed by atoms with van der Waals surface area (Å²) in [4.78, 5) is 14.7. The van der Waals surface area contributed by atoms with Crippen LogP contribution in [0.1, 0.15) is 55.5 Å². The molecule has 1 aliphatic heterocycles. The second-order valence-electron chi connectivity index (χ2n) is 5.46. The van der Waals surface area contributed by atoms with E-state index in [9.17, 15) is 4.79 Å². The number of carboxylic acid groups (broad SMARTS) is 1. The Morgan fingerprint density at radius 1 is 1.58 bits per heavy atom. The van der Waals surface area contributed by atoms with Crippen molar-refractivity contribution < 1.29 is 9.90 Å². The Morgan fingerprint density at radius 3 is 3.00 bits per heavy atom. The van der Waals surface area contributed by atoms with E-state index < -0.39 is 5.97 Å². The summed E-state index contributed by atoms with van der Waals surface area (Å²) in [6, 6.07) is 3.02. The number of carboxylic acids is 1. The van der Waals surface area contributed by atoms with Gasteiger partial charge in [0.25, 0.3) is 0 Å². The molecule has 0 aliphatic carbocycles. The molecule has 2 rings (SSSR count). The molecule has 2 unspecified atom stereocenters. The number of aliphatic carboxylic acids is 1. The standard InChI is InChI=1S/C15H23NO2S/c1-11-8-10-19-15(11)12(2)16-9-4-3-5-13(16)6-7-14(17)18/h8,10,12-13H,3-7,9H2,1-2H3,(H,17,18). The van der Waals surface area contributed by atoms with Crippen molar-refractivity contribution in [2.45, 2.75) is 58.0 Å². The van der Waals surface area contributed by atoms with Gasteiger partial charge >= 0.3 is 5.97 Å². The molecular weight excluding hydrogens is 258 g/mol. The quantitative estimate of drug-likeness (QED) is 0.891. The van der Waals surface area contributed by atoms with Crippen molar-refractivity contribution >= 4 is 17.3 Å². The van der Waals surface area contributed by atoms with E-state index >= 15 is 0 Å². The van der Waals surface area contributed by atoms with Gasteiger partial charge in [-0.2, -0.15) is 0 Å². The van der Waals surface area contributed by atoms with Crippen molar-refractivity contribution in [1.82, 2.24) is 4.90 Å². The molecule has 0 spiro atoms. The fraction of sp³-hybridized carbons (Fsp3) is 0.667. The van der Waals surface area contributed by atoms with E-state index in [1.165, 1.54) is 23.3 Å². The maximum absolute atomic E-state index is 10.8. The number of likely N-dealkylation sites (tertiary alicyclic amines) is 1. The van der Waals surface area contributed by atoms with E-state index in [-0.39, 0.29) is 6.42 Å². The fourth-order valence-electron chi connectivity index (χ4n) is 3.10. The van der Waals surface area contributed by atoms with Crippen molar-refractivity contribution in [2.75, 3.05) is 6.54 Å². The van der Waals surface area contributed by atoms with Crippen molar-refractivity contribution in [1.29, 1.82) is 0 Å². The lowest BCUT2D eigenvalue weighted by Gasteiger charge is -2.39. The molecule has 19 heavy (non-hydrogen) atoms. The Kier molecular flexibility index (Phi) is 4.99. The first-order valence-electron chi connectivity index (χ1n) is 7.11. The van der Waals surface area contributed by atoms with Gasteiger partial charge in [0.2, 0.25) is 0 Å². The Hall–Kier alpha value is -0.870. The van der Waals surface area contributed by atoms with E-state index in [2.05, 4.69) is 30.2 Å². The Labute approximate surface area is 119 Å². The molecule has 1 saturated heterocycles. The third-order valence-electron chi connectivity index (χ3n) is 4.14. The molecule has 1 fully saturated rings. The first-order valence-corrected chi connectivity index (χ1v) is 7.99. The van der Waals surface area contributed by atoms with Crippen LogP contribution in [0.2, 0.25) is 0 Å². The molecule has 1 aromatic heterocycles. The first-order chi connectivity index (χ1) is 9.09. The predicted octanol–water partition coefficient (Wildman–Crippen LogP) is 3.84. The van der Waals surface area contributed by atoms with Crippen LogP contribution in [0.15, 0.2) is 11.4 Å². The smallest absolute Gasteiger partial charge is 0.303 e. The van der Waals surface area contributed by atoms with Gasteiger partial charge in [0.1, 0.15) is 0 Å². The zero-order valence-electron chi connectivity index (χ0n) is 11.8. The average Bonchev–Trinajstić information content (AvgIpc) is 2.82. The third kappa shape index (κ3) is 3.57. The maximum atomic E-state index is 10.8. The molecule has 1 aromatic rings. The molecule has 2 atom stereocenters. The average molecular weight is 281 g/mol. The van der Waals surface area contributed by atoms with Crippen LogP contribution in [-0.2, 0) is 4.79 Å². The monoisotopic (exact) mass is 281 g/mol. The molecule has 0 radical (unpaired) electrons. The summed E-state index contributed by atoms with van der Waals surface area (Å²) in [6.07, 6.45) is 4.68. The van der Waals surface area contributed by atoms with Crippen LogP contribution in [0.4, 0.5) is 0 Å². The molecule has 2 heterocycles. The molecular formula is C15H23NO2S. The number of piperidine rings is 1. The number of thiophene rings is 1. The number of aryl methyl sites for hydroxylation is 1. The van der Waals surface area contributed by atoms with E-state index in [1.54, 1.807) is 0 Å². The van der Waals surface area contributed by atoms with E-state index in [1.807, 2.05) is 11.3 Å². The molecule has 0 bridgehead atoms. The van der Waals surface area contributed by atoms with E-state index in [0.29, 0.717) is 12.1 Å². The van der Waals surface area contributed by atoms with Crippen LogP contribution in [0.5, 0.6) is 0 Å². The number of rotatable bonds is 5. The molecule has 1 aliphatic rings. The summed E-state index contributed by atoms with van der Waals surface area (Å²) >= 11 is 1.82. The van der Waals surface area contributed by atoms with Crippen LogP contribution >= 0.6 is 11.3 Å². The zero-order chi connectivity index (χ0) is 13.8. The molecule has 0 amide bonds. The molecule has 4 heteroatoms. The Bertz CT molecular complexity index is 430. The minimum absolute atomic E-state index is 0.289. The summed E-state index contributed by atoms with van der Waals surface area (Å²) in [5, 5.41) is 11.0. The highest BCUT2D eigenvalue weighted by Gasteiger charge is 2.28. The fourth-order valence-corrected chi connectivity index (χ4v) is 4.10. The summed E-state index contributed by atoms with van der Waals surface area (Å²) in [6.45, 7) is 5.53. The molecule has 0 aromatic carbocycles. The number of nitrogens with zero attached hydrogens (tertiary/aromatic N) is 1. The van der Waals surface area contributed by atoms with Crippen molar-refractivity contribution in [3.63, 3.8) is 0 Å². The molecule has 0 saturated carbocycles. The highest BCUT2D eigenvalue weighted by Crippen LogP contribution is 2.34. The topological polar surface area (TPSA) is 40.5 Å². The van der Waals surface area contributed by atoms with Crippen molar-refractivity contribution in [2.24, 2.45) is 0 Å². The van der Waals surface area contributed by atoms with E-state index in [4.69, 9.17) is 5.11 Å². The molecule has 106 valence electrons. The third-order valence-corrected chi connectivity index (χ3v) is 5.33. The van der Waals surface area contributed by atoms with Crippen LogP contribution in [0.3, 0.4) is 0 Å². The van der Waals surface area contributed by atoms with Crippen LogP contribution in [0, 0.1) is 6.92 Å². The van der Waals surface area contributed by atoms with Gasteiger partial charge in [-0.1, -0.05) is 6.42 Å². The van der Waals surface area contributed by atoms with Gasteiger partial charge in [-0.15, -0.1) is 11.3 Å². The van der Waals surface area contributed by atoms with Crippen LogP contribution in [0.25, 0.3) is 0 Å². The number of hydrogen-bond donors (Lipinski definition) is 1. The highest BCUT2D eigenvalue weighted by atomic mass is 32.1. The number of hydrogen-bond acceptors (Lipinski definition) is 3. The van der Waals surface area contributed by atoms with Crippen molar-refractivity contribution in [3.8, 4) is 0 Å². The first kappa shape index (κ1) is 14.5. The van der Waals surface area contributed by atoms with Crippen molar-refractivity contribution in [3.05, 3.63) is 21.9 Å². The summed E-state index contributed by atoms with van der Waals surface area (Å²) < 4.78 is 0. The van der Waals surface area contributed by atoms with Gasteiger partial charge in [-0.25, -0.2) is 0 Å². The largest absolute Gasteiger partial charge is 0.481 e. The maximum Gasteiger partial charge on any atom is 0.303 e. The number of carbonyl (C=O) groups is 1.